The molecular weight excluding hydrogens is 389 g/mol. The van der Waals surface area contributed by atoms with Gasteiger partial charge in [0.05, 0.1) is 12.7 Å². The summed E-state index contributed by atoms with van der Waals surface area (Å²) < 4.78 is 18.3. The van der Waals surface area contributed by atoms with Gasteiger partial charge in [-0.1, -0.05) is 19.4 Å². The number of aromatic amines is 1. The number of aryl methyl sites for hydroxylation is 1. The minimum absolute atomic E-state index is 0.199. The maximum Gasteiger partial charge on any atom is 0.339 e. The number of ether oxygens (including phenoxy) is 1. The summed E-state index contributed by atoms with van der Waals surface area (Å²) in [5.41, 5.74) is 2.39. The fourth-order valence-corrected chi connectivity index (χ4v) is 3.81. The van der Waals surface area contributed by atoms with Crippen molar-refractivity contribution in [1.29, 1.82) is 0 Å². The Hall–Kier alpha value is -3.16. The SMILES string of the molecule is CCCc1c(C(=O)N2CCN(C(=O)c3cccc(F)c3)CC2)[nH]c(C)c1C(=O)OC. The molecule has 2 aromatic rings. The maximum atomic E-state index is 13.4. The Balaban J connectivity index is 1.74. The number of carbonyl (C=O) groups excluding carboxylic acids is 3. The van der Waals surface area contributed by atoms with E-state index in [1.165, 1.54) is 25.3 Å². The zero-order valence-corrected chi connectivity index (χ0v) is 17.5. The van der Waals surface area contributed by atoms with Crippen molar-refractivity contribution in [1.82, 2.24) is 14.8 Å². The first-order chi connectivity index (χ1) is 14.4. The van der Waals surface area contributed by atoms with E-state index in [9.17, 15) is 18.8 Å². The van der Waals surface area contributed by atoms with Crippen molar-refractivity contribution in [3.63, 3.8) is 0 Å². The van der Waals surface area contributed by atoms with Gasteiger partial charge in [-0.3, -0.25) is 9.59 Å². The lowest BCUT2D eigenvalue weighted by molar-refractivity contribution is 0.0531. The molecule has 1 saturated heterocycles. The summed E-state index contributed by atoms with van der Waals surface area (Å²) in [6.45, 7) is 5.15. The van der Waals surface area contributed by atoms with E-state index in [4.69, 9.17) is 4.74 Å². The van der Waals surface area contributed by atoms with Gasteiger partial charge in [-0.05, 0) is 37.1 Å². The lowest BCUT2D eigenvalue weighted by Gasteiger charge is -2.34. The number of methoxy groups -OCH3 is 1. The molecule has 30 heavy (non-hydrogen) atoms. The van der Waals surface area contributed by atoms with E-state index < -0.39 is 11.8 Å². The van der Waals surface area contributed by atoms with Gasteiger partial charge in [0, 0.05) is 37.4 Å². The van der Waals surface area contributed by atoms with Crippen molar-refractivity contribution in [3.8, 4) is 0 Å². The summed E-state index contributed by atoms with van der Waals surface area (Å²) in [4.78, 5) is 44.3. The topological polar surface area (TPSA) is 82.7 Å². The van der Waals surface area contributed by atoms with Crippen molar-refractivity contribution in [2.24, 2.45) is 0 Å². The Morgan fingerprint density at radius 2 is 1.73 bits per heavy atom. The van der Waals surface area contributed by atoms with Gasteiger partial charge in [0.1, 0.15) is 11.5 Å². The second kappa shape index (κ2) is 9.11. The number of nitrogens with zero attached hydrogens (tertiary/aromatic N) is 2. The van der Waals surface area contributed by atoms with Crippen LogP contribution in [-0.2, 0) is 11.2 Å². The van der Waals surface area contributed by atoms with Gasteiger partial charge in [-0.2, -0.15) is 0 Å². The lowest BCUT2D eigenvalue weighted by Crippen LogP contribution is -2.50. The Morgan fingerprint density at radius 1 is 1.10 bits per heavy atom. The number of halogens is 1. The van der Waals surface area contributed by atoms with Gasteiger partial charge in [0.25, 0.3) is 11.8 Å². The molecule has 1 aliphatic heterocycles. The van der Waals surface area contributed by atoms with E-state index >= 15 is 0 Å². The van der Waals surface area contributed by atoms with E-state index in [1.807, 2.05) is 6.92 Å². The van der Waals surface area contributed by atoms with Gasteiger partial charge in [0.2, 0.25) is 0 Å². The average molecular weight is 415 g/mol. The molecule has 2 heterocycles. The predicted octanol–water partition coefficient (Wildman–Crippen LogP) is 2.80. The van der Waals surface area contributed by atoms with E-state index in [1.54, 1.807) is 22.8 Å². The molecule has 7 nitrogen and oxygen atoms in total. The average Bonchev–Trinajstić information content (AvgIpc) is 3.08. The van der Waals surface area contributed by atoms with E-state index in [-0.39, 0.29) is 11.8 Å². The van der Waals surface area contributed by atoms with Gasteiger partial charge in [-0.25, -0.2) is 9.18 Å². The minimum Gasteiger partial charge on any atom is -0.465 e. The monoisotopic (exact) mass is 415 g/mol. The molecule has 8 heteroatoms. The number of nitrogens with one attached hydrogen (secondary N) is 1. The van der Waals surface area contributed by atoms with Crippen LogP contribution in [0.5, 0.6) is 0 Å². The molecule has 0 spiro atoms. The van der Waals surface area contributed by atoms with Gasteiger partial charge < -0.3 is 19.5 Å². The van der Waals surface area contributed by atoms with Gasteiger partial charge in [0.15, 0.2) is 0 Å². The first-order valence-electron chi connectivity index (χ1n) is 10.0. The summed E-state index contributed by atoms with van der Waals surface area (Å²) in [6.07, 6.45) is 1.35. The van der Waals surface area contributed by atoms with Crippen LogP contribution >= 0.6 is 0 Å². The first kappa shape index (κ1) is 21.5. The number of benzene rings is 1. The number of hydrogen-bond acceptors (Lipinski definition) is 4. The zero-order valence-electron chi connectivity index (χ0n) is 17.5. The molecule has 1 aromatic carbocycles. The fourth-order valence-electron chi connectivity index (χ4n) is 3.81. The molecule has 1 aromatic heterocycles. The van der Waals surface area contributed by atoms with Gasteiger partial charge in [-0.15, -0.1) is 0 Å². The van der Waals surface area contributed by atoms with Crippen LogP contribution in [0.2, 0.25) is 0 Å². The standard InChI is InChI=1S/C22H26FN3O4/c1-4-6-17-18(22(29)30-3)14(2)24-19(17)21(28)26-11-9-25(10-12-26)20(27)15-7-5-8-16(23)13-15/h5,7-8,13,24H,4,6,9-12H2,1-3H3. The number of rotatable bonds is 5. The third-order valence-electron chi connectivity index (χ3n) is 5.32. The Kier molecular flexibility index (Phi) is 6.54. The Morgan fingerprint density at radius 3 is 2.30 bits per heavy atom. The molecule has 1 aliphatic rings. The molecule has 0 aliphatic carbocycles. The third kappa shape index (κ3) is 4.22. The number of esters is 1. The molecular formula is C22H26FN3O4. The number of H-pyrrole nitrogens is 1. The number of aromatic nitrogens is 1. The van der Waals surface area contributed by atoms with Crippen molar-refractivity contribution in [3.05, 3.63) is 58.2 Å². The van der Waals surface area contributed by atoms with Crippen LogP contribution in [0.4, 0.5) is 4.39 Å². The van der Waals surface area contributed by atoms with Crippen molar-refractivity contribution in [2.45, 2.75) is 26.7 Å². The summed E-state index contributed by atoms with van der Waals surface area (Å²) in [7, 11) is 1.32. The molecule has 0 atom stereocenters. The smallest absolute Gasteiger partial charge is 0.339 e. The Labute approximate surface area is 174 Å². The third-order valence-corrected chi connectivity index (χ3v) is 5.32. The van der Waals surface area contributed by atoms with E-state index in [0.717, 1.165) is 6.42 Å². The summed E-state index contributed by atoms with van der Waals surface area (Å²) >= 11 is 0. The van der Waals surface area contributed by atoms with Crippen LogP contribution in [0.25, 0.3) is 0 Å². The highest BCUT2D eigenvalue weighted by Gasteiger charge is 2.30. The maximum absolute atomic E-state index is 13.4. The normalized spacial score (nSPS) is 14.0. The Bertz CT molecular complexity index is 961. The molecule has 0 saturated carbocycles. The summed E-state index contributed by atoms with van der Waals surface area (Å²) in [5, 5.41) is 0. The van der Waals surface area contributed by atoms with Crippen LogP contribution < -0.4 is 0 Å². The van der Waals surface area contributed by atoms with Gasteiger partial charge >= 0.3 is 5.97 Å². The summed E-state index contributed by atoms with van der Waals surface area (Å²) in [6, 6.07) is 5.59. The van der Waals surface area contributed by atoms with E-state index in [2.05, 4.69) is 4.98 Å². The first-order valence-corrected chi connectivity index (χ1v) is 10.0. The van der Waals surface area contributed by atoms with Crippen molar-refractivity contribution in [2.75, 3.05) is 33.3 Å². The second-order valence-electron chi connectivity index (χ2n) is 7.31. The highest BCUT2D eigenvalue weighted by Crippen LogP contribution is 2.23. The predicted molar refractivity (Wildman–Crippen MR) is 109 cm³/mol. The molecule has 0 unspecified atom stereocenters. The van der Waals surface area contributed by atoms with Crippen LogP contribution in [-0.4, -0.2) is 65.9 Å². The lowest BCUT2D eigenvalue weighted by atomic mass is 10.0. The number of hydrogen-bond donors (Lipinski definition) is 1. The number of carbonyl (C=O) groups is 3. The number of amides is 2. The molecule has 3 rings (SSSR count). The van der Waals surface area contributed by atoms with Crippen LogP contribution in [0.15, 0.2) is 24.3 Å². The molecule has 1 N–H and O–H groups in total. The summed E-state index contributed by atoms with van der Waals surface area (Å²) in [5.74, 6) is -1.37. The van der Waals surface area contributed by atoms with Crippen LogP contribution in [0.3, 0.4) is 0 Å². The minimum atomic E-state index is -0.461. The van der Waals surface area contributed by atoms with Crippen LogP contribution in [0, 0.1) is 12.7 Å². The van der Waals surface area contributed by atoms with Crippen LogP contribution in [0.1, 0.15) is 55.8 Å². The molecule has 0 radical (unpaired) electrons. The molecule has 2 amide bonds. The second-order valence-corrected chi connectivity index (χ2v) is 7.31. The highest BCUT2D eigenvalue weighted by molar-refractivity contribution is 6.01. The van der Waals surface area contributed by atoms with E-state index in [0.29, 0.717) is 60.7 Å². The zero-order chi connectivity index (χ0) is 21.8. The van der Waals surface area contributed by atoms with Crippen molar-refractivity contribution < 1.29 is 23.5 Å². The molecule has 0 bridgehead atoms. The largest absolute Gasteiger partial charge is 0.465 e. The molecule has 1 fully saturated rings. The molecule has 160 valence electrons. The number of piperazine rings is 1. The fraction of sp³-hybridized carbons (Fsp3) is 0.409. The quantitative estimate of drug-likeness (QED) is 0.762. The van der Waals surface area contributed by atoms with Crippen molar-refractivity contribution >= 4 is 17.8 Å². The highest BCUT2D eigenvalue weighted by atomic mass is 19.1.